The van der Waals surface area contributed by atoms with Gasteiger partial charge in [-0.25, -0.2) is 4.57 Å². The molecular formula is C47H86NO12P. The van der Waals surface area contributed by atoms with E-state index in [4.69, 9.17) is 9.05 Å². The summed E-state index contributed by atoms with van der Waals surface area (Å²) in [4.78, 5) is 23.4. The van der Waals surface area contributed by atoms with E-state index >= 15 is 0 Å². The molecule has 0 radical (unpaired) electrons. The molecular weight excluding hydrogens is 801 g/mol. The van der Waals surface area contributed by atoms with Gasteiger partial charge in [-0.1, -0.05) is 152 Å². The molecule has 0 aromatic heterocycles. The highest BCUT2D eigenvalue weighted by Gasteiger charge is 2.51. The van der Waals surface area contributed by atoms with Crippen LogP contribution in [-0.4, -0.2) is 108 Å². The Labute approximate surface area is 368 Å². The van der Waals surface area contributed by atoms with Crippen LogP contribution in [0.4, 0.5) is 0 Å². The fourth-order valence-corrected chi connectivity index (χ4v) is 8.17. The Morgan fingerprint density at radius 1 is 0.574 bits per heavy atom. The highest BCUT2D eigenvalue weighted by atomic mass is 31.2. The van der Waals surface area contributed by atoms with Gasteiger partial charge in [0, 0.05) is 0 Å². The maximum absolute atomic E-state index is 13.0. The molecule has 13 nitrogen and oxygen atoms in total. The lowest BCUT2D eigenvalue weighted by Crippen LogP contribution is -2.64. The van der Waals surface area contributed by atoms with E-state index < -0.39 is 75.2 Å². The number of phosphoric acid groups is 1. The number of hydrogen-bond acceptors (Lipinski definition) is 11. The molecule has 0 aromatic carbocycles. The zero-order chi connectivity index (χ0) is 45.1. The number of aliphatic hydroxyl groups is 7. The van der Waals surface area contributed by atoms with Crippen molar-refractivity contribution in [1.29, 1.82) is 0 Å². The van der Waals surface area contributed by atoms with Crippen LogP contribution in [-0.2, 0) is 18.4 Å². The molecule has 8 atom stereocenters. The number of phosphoric ester groups is 1. The molecule has 1 fully saturated rings. The first kappa shape index (κ1) is 57.3. The number of rotatable bonds is 38. The maximum atomic E-state index is 13.0. The monoisotopic (exact) mass is 888 g/mol. The summed E-state index contributed by atoms with van der Waals surface area (Å²) < 4.78 is 22.8. The number of aliphatic hydroxyl groups excluding tert-OH is 7. The predicted molar refractivity (Wildman–Crippen MR) is 243 cm³/mol. The third-order valence-corrected chi connectivity index (χ3v) is 12.1. The summed E-state index contributed by atoms with van der Waals surface area (Å²) in [5, 5.41) is 74.4. The second-order valence-electron chi connectivity index (χ2n) is 16.8. The number of carbonyl (C=O) groups is 1. The minimum Gasteiger partial charge on any atom is -0.393 e. The molecule has 1 rings (SSSR count). The maximum Gasteiger partial charge on any atom is 0.472 e. The van der Waals surface area contributed by atoms with Crippen LogP contribution in [0.15, 0.2) is 48.6 Å². The van der Waals surface area contributed by atoms with Gasteiger partial charge in [-0.3, -0.25) is 13.8 Å². The molecule has 0 bridgehead atoms. The average molecular weight is 888 g/mol. The van der Waals surface area contributed by atoms with Crippen molar-refractivity contribution in [3.05, 3.63) is 48.6 Å². The molecule has 1 aliphatic rings. The quantitative estimate of drug-likeness (QED) is 0.0164. The molecule has 9 N–H and O–H groups in total. The van der Waals surface area contributed by atoms with Crippen molar-refractivity contribution in [3.8, 4) is 0 Å². The number of nitrogens with one attached hydrogen (secondary N) is 1. The smallest absolute Gasteiger partial charge is 0.393 e. The van der Waals surface area contributed by atoms with Gasteiger partial charge >= 0.3 is 7.82 Å². The van der Waals surface area contributed by atoms with Gasteiger partial charge < -0.3 is 46.0 Å². The molecule has 0 saturated heterocycles. The lowest BCUT2D eigenvalue weighted by atomic mass is 9.85. The van der Waals surface area contributed by atoms with Crippen molar-refractivity contribution in [3.63, 3.8) is 0 Å². The van der Waals surface area contributed by atoms with Gasteiger partial charge in [0.1, 0.15) is 36.6 Å². The Kier molecular flexibility index (Phi) is 34.3. The van der Waals surface area contributed by atoms with E-state index in [1.54, 1.807) is 6.08 Å². The fraction of sp³-hybridized carbons (Fsp3) is 0.809. The van der Waals surface area contributed by atoms with Crippen molar-refractivity contribution in [2.24, 2.45) is 0 Å². The minimum absolute atomic E-state index is 0.268. The molecule has 14 heteroatoms. The summed E-state index contributed by atoms with van der Waals surface area (Å²) in [6.45, 7) is 3.70. The van der Waals surface area contributed by atoms with Gasteiger partial charge in [-0.2, -0.15) is 0 Å². The topological polar surface area (TPSA) is 226 Å². The zero-order valence-corrected chi connectivity index (χ0v) is 38.5. The first-order valence-corrected chi connectivity index (χ1v) is 25.2. The van der Waals surface area contributed by atoms with Crippen LogP contribution < -0.4 is 5.32 Å². The van der Waals surface area contributed by atoms with Crippen LogP contribution in [0.2, 0.25) is 0 Å². The normalized spacial score (nSPS) is 23.6. The number of carbonyl (C=O) groups excluding carboxylic acids is 1. The summed E-state index contributed by atoms with van der Waals surface area (Å²) >= 11 is 0. The first-order chi connectivity index (χ1) is 29.3. The van der Waals surface area contributed by atoms with E-state index in [0.29, 0.717) is 19.3 Å². The molecule has 0 aromatic rings. The lowest BCUT2D eigenvalue weighted by Gasteiger charge is -2.41. The molecule has 1 amide bonds. The number of allylic oxidation sites excluding steroid dienone is 7. The molecule has 356 valence electrons. The van der Waals surface area contributed by atoms with Gasteiger partial charge in [0.15, 0.2) is 0 Å². The molecule has 1 saturated carbocycles. The van der Waals surface area contributed by atoms with Crippen LogP contribution in [0.25, 0.3) is 0 Å². The van der Waals surface area contributed by atoms with Crippen LogP contribution in [0, 0.1) is 0 Å². The van der Waals surface area contributed by atoms with Gasteiger partial charge in [0.2, 0.25) is 5.91 Å². The highest BCUT2D eigenvalue weighted by Crippen LogP contribution is 2.47. The molecule has 1 aliphatic carbocycles. The molecule has 61 heavy (non-hydrogen) atoms. The van der Waals surface area contributed by atoms with Gasteiger partial charge in [0.25, 0.3) is 0 Å². The fourth-order valence-electron chi connectivity index (χ4n) is 7.21. The zero-order valence-electron chi connectivity index (χ0n) is 37.6. The Hall–Kier alpha value is -1.74. The molecule has 8 unspecified atom stereocenters. The number of hydrogen-bond donors (Lipinski definition) is 9. The summed E-state index contributed by atoms with van der Waals surface area (Å²) in [6.07, 6.45) is 29.1. The lowest BCUT2D eigenvalue weighted by molar-refractivity contribution is -0.220. The minimum atomic E-state index is -5.16. The van der Waals surface area contributed by atoms with E-state index in [9.17, 15) is 50.0 Å². The van der Waals surface area contributed by atoms with Crippen LogP contribution >= 0.6 is 7.82 Å². The van der Waals surface area contributed by atoms with Crippen molar-refractivity contribution >= 4 is 13.7 Å². The second kappa shape index (κ2) is 36.6. The Bertz CT molecular complexity index is 1230. The molecule has 0 heterocycles. The van der Waals surface area contributed by atoms with Crippen LogP contribution in [0.3, 0.4) is 0 Å². The van der Waals surface area contributed by atoms with Crippen molar-refractivity contribution < 1.29 is 59.0 Å². The van der Waals surface area contributed by atoms with E-state index in [-0.39, 0.29) is 6.42 Å². The summed E-state index contributed by atoms with van der Waals surface area (Å²) in [7, 11) is -5.16. The summed E-state index contributed by atoms with van der Waals surface area (Å²) in [5.74, 6) is -0.617. The Morgan fingerprint density at radius 3 is 1.44 bits per heavy atom. The average Bonchev–Trinajstić information content (AvgIpc) is 3.23. The van der Waals surface area contributed by atoms with Crippen molar-refractivity contribution in [2.75, 3.05) is 6.61 Å². The van der Waals surface area contributed by atoms with E-state index in [2.05, 4.69) is 55.6 Å². The predicted octanol–water partition coefficient (Wildman–Crippen LogP) is 7.92. The van der Waals surface area contributed by atoms with Gasteiger partial charge in [0.05, 0.1) is 31.3 Å². The number of unbranched alkanes of at least 4 members (excludes halogenated alkanes) is 19. The SMILES string of the molecule is CCCCCCCCC/C=C\CCCCCC(O)CC(=O)NC(COP(=O)(O)OC1C(O)C(O)C(O)C(O)C1O)C(O)/C=C/CC/C=C/CC/C=C/CCCCCCCCC. The van der Waals surface area contributed by atoms with Crippen LogP contribution in [0.5, 0.6) is 0 Å². The largest absolute Gasteiger partial charge is 0.472 e. The summed E-state index contributed by atoms with van der Waals surface area (Å²) in [6, 6.07) is -1.27. The van der Waals surface area contributed by atoms with Crippen molar-refractivity contribution in [2.45, 2.75) is 236 Å². The van der Waals surface area contributed by atoms with Crippen LogP contribution in [0.1, 0.15) is 181 Å². The third kappa shape index (κ3) is 28.6. The Balaban J connectivity index is 2.61. The Morgan fingerprint density at radius 2 is 0.967 bits per heavy atom. The van der Waals surface area contributed by atoms with Gasteiger partial charge in [-0.15, -0.1) is 0 Å². The van der Waals surface area contributed by atoms with Crippen molar-refractivity contribution in [1.82, 2.24) is 5.32 Å². The first-order valence-electron chi connectivity index (χ1n) is 23.7. The number of amides is 1. The van der Waals surface area contributed by atoms with E-state index in [1.165, 1.54) is 96.0 Å². The van der Waals surface area contributed by atoms with E-state index in [0.717, 1.165) is 51.4 Å². The van der Waals surface area contributed by atoms with Gasteiger partial charge in [-0.05, 0) is 70.6 Å². The standard InChI is InChI=1S/C47H86NO12P/c1-3-5-7-9-11-13-15-17-19-20-21-23-25-27-29-31-33-35-40(50)39(37-59-61(57,58)60-47-45(55)43(53)42(52)44(54)46(47)56)48-41(51)36-38(49)34-32-30-28-26-24-22-18-16-14-12-10-8-6-4-2/h19-20,22,24-25,27,33,35,38-40,42-47,49-50,52-56H,3-18,21,23,26,28-32,34,36-37H2,1-2H3,(H,48,51)(H,57,58)/b20-19+,24-22-,27-25+,35-33+. The molecule has 0 aliphatic heterocycles. The summed E-state index contributed by atoms with van der Waals surface area (Å²) in [5.41, 5.74) is 0. The highest BCUT2D eigenvalue weighted by molar-refractivity contribution is 7.47. The van der Waals surface area contributed by atoms with E-state index in [1.807, 2.05) is 0 Å². The second-order valence-corrected chi connectivity index (χ2v) is 18.2. The molecule has 0 spiro atoms. The third-order valence-electron chi connectivity index (χ3n) is 11.1.